The van der Waals surface area contributed by atoms with E-state index in [-0.39, 0.29) is 24.3 Å². The molecule has 1 atom stereocenters. The molecule has 2 N–H and O–H groups in total. The van der Waals surface area contributed by atoms with Crippen LogP contribution in [0.5, 0.6) is 0 Å². The van der Waals surface area contributed by atoms with Crippen LogP contribution in [0.4, 0.5) is 0 Å². The van der Waals surface area contributed by atoms with Gasteiger partial charge >= 0.3 is 5.97 Å². The van der Waals surface area contributed by atoms with E-state index in [0.29, 0.717) is 12.1 Å². The van der Waals surface area contributed by atoms with E-state index in [1.165, 1.54) is 0 Å². The van der Waals surface area contributed by atoms with Crippen LogP contribution in [0, 0.1) is 0 Å². The first kappa shape index (κ1) is 16.5. The second-order valence-electron chi connectivity index (χ2n) is 6.01. The number of fused-ring (bicyclic) bond motifs is 1. The van der Waals surface area contributed by atoms with Gasteiger partial charge in [-0.2, -0.15) is 0 Å². The summed E-state index contributed by atoms with van der Waals surface area (Å²) >= 11 is 0. The molecule has 3 rings (SSSR count). The molecule has 1 fully saturated rings. The van der Waals surface area contributed by atoms with Gasteiger partial charge < -0.3 is 14.9 Å². The molecule has 0 aliphatic carbocycles. The molecule has 1 aromatic heterocycles. The predicted octanol–water partition coefficient (Wildman–Crippen LogP) is 2.45. The lowest BCUT2D eigenvalue weighted by Crippen LogP contribution is -2.47. The number of nitrogens with two attached hydrogens (primary N) is 1. The van der Waals surface area contributed by atoms with Crippen molar-refractivity contribution in [2.45, 2.75) is 38.8 Å². The molecule has 2 aromatic rings. The van der Waals surface area contributed by atoms with Crippen molar-refractivity contribution in [1.82, 2.24) is 4.90 Å². The highest BCUT2D eigenvalue weighted by Gasteiger charge is 2.30. The van der Waals surface area contributed by atoms with E-state index in [9.17, 15) is 9.59 Å². The smallest absolute Gasteiger partial charge is 0.374 e. The highest BCUT2D eigenvalue weighted by atomic mass is 16.5. The van der Waals surface area contributed by atoms with Crippen molar-refractivity contribution in [2.24, 2.45) is 5.73 Å². The lowest BCUT2D eigenvalue weighted by Gasteiger charge is -2.33. The Hall–Kier alpha value is -2.34. The van der Waals surface area contributed by atoms with Gasteiger partial charge in [0.2, 0.25) is 11.7 Å². The Morgan fingerprint density at radius 1 is 1.33 bits per heavy atom. The molecule has 0 bridgehead atoms. The first-order valence-electron chi connectivity index (χ1n) is 8.32. The van der Waals surface area contributed by atoms with Gasteiger partial charge in [0.1, 0.15) is 5.58 Å². The molecule has 1 aliphatic rings. The summed E-state index contributed by atoms with van der Waals surface area (Å²) in [5.74, 6) is -0.580. The van der Waals surface area contributed by atoms with Crippen LogP contribution in [-0.2, 0) is 16.1 Å². The number of amides is 1. The normalized spacial score (nSPS) is 18.6. The molecule has 24 heavy (non-hydrogen) atoms. The molecule has 0 saturated carbocycles. The van der Waals surface area contributed by atoms with Crippen LogP contribution in [-0.4, -0.2) is 36.0 Å². The Labute approximate surface area is 140 Å². The SMILES string of the molecule is CCOC(=O)c1oc2ccccc2c1CN1CCCCC1C(N)=O. The molecule has 1 aromatic carbocycles. The fourth-order valence-corrected chi connectivity index (χ4v) is 3.32. The number of furan rings is 1. The molecule has 1 saturated heterocycles. The monoisotopic (exact) mass is 330 g/mol. The predicted molar refractivity (Wildman–Crippen MR) is 89.4 cm³/mol. The molecule has 0 radical (unpaired) electrons. The number of nitrogens with zero attached hydrogens (tertiary/aromatic N) is 1. The number of benzene rings is 1. The number of carbonyl (C=O) groups excluding carboxylic acids is 2. The summed E-state index contributed by atoms with van der Waals surface area (Å²) in [5.41, 5.74) is 6.95. The molecule has 128 valence electrons. The Morgan fingerprint density at radius 2 is 2.12 bits per heavy atom. The van der Waals surface area contributed by atoms with Crippen LogP contribution in [0.25, 0.3) is 11.0 Å². The van der Waals surface area contributed by atoms with Crippen LogP contribution < -0.4 is 5.73 Å². The van der Waals surface area contributed by atoms with E-state index in [4.69, 9.17) is 14.9 Å². The van der Waals surface area contributed by atoms with Crippen molar-refractivity contribution in [1.29, 1.82) is 0 Å². The van der Waals surface area contributed by atoms with Gasteiger partial charge in [-0.05, 0) is 32.4 Å². The fourth-order valence-electron chi connectivity index (χ4n) is 3.32. The third-order valence-electron chi connectivity index (χ3n) is 4.46. The van der Waals surface area contributed by atoms with Crippen molar-refractivity contribution in [3.8, 4) is 0 Å². The molecule has 6 heteroatoms. The lowest BCUT2D eigenvalue weighted by atomic mass is 10.00. The number of carbonyl (C=O) groups is 2. The summed E-state index contributed by atoms with van der Waals surface area (Å²) < 4.78 is 10.9. The Kier molecular flexibility index (Phi) is 4.85. The Bertz CT molecular complexity index is 753. The summed E-state index contributed by atoms with van der Waals surface area (Å²) in [6.45, 7) is 3.26. The van der Waals surface area contributed by atoms with E-state index < -0.39 is 5.97 Å². The van der Waals surface area contributed by atoms with Gasteiger partial charge in [-0.1, -0.05) is 24.6 Å². The number of piperidine rings is 1. The first-order valence-corrected chi connectivity index (χ1v) is 8.32. The summed E-state index contributed by atoms with van der Waals surface area (Å²) in [7, 11) is 0. The van der Waals surface area contributed by atoms with Gasteiger partial charge in [-0.25, -0.2) is 4.79 Å². The maximum absolute atomic E-state index is 12.3. The van der Waals surface area contributed by atoms with Crippen molar-refractivity contribution >= 4 is 22.8 Å². The average Bonchev–Trinajstić information content (AvgIpc) is 2.94. The zero-order valence-corrected chi connectivity index (χ0v) is 13.8. The quantitative estimate of drug-likeness (QED) is 0.851. The van der Waals surface area contributed by atoms with Gasteiger partial charge in [-0.15, -0.1) is 0 Å². The second-order valence-corrected chi connectivity index (χ2v) is 6.01. The number of primary amides is 1. The second kappa shape index (κ2) is 7.05. The minimum atomic E-state index is -0.476. The average molecular weight is 330 g/mol. The number of ether oxygens (including phenoxy) is 1. The highest BCUT2D eigenvalue weighted by molar-refractivity contribution is 5.96. The zero-order chi connectivity index (χ0) is 17.1. The first-order chi connectivity index (χ1) is 11.6. The highest BCUT2D eigenvalue weighted by Crippen LogP contribution is 2.30. The molecule has 0 spiro atoms. The number of likely N-dealkylation sites (tertiary alicyclic amines) is 1. The molecular weight excluding hydrogens is 308 g/mol. The number of para-hydroxylation sites is 1. The largest absolute Gasteiger partial charge is 0.460 e. The zero-order valence-electron chi connectivity index (χ0n) is 13.8. The van der Waals surface area contributed by atoms with Gasteiger partial charge in [0, 0.05) is 17.5 Å². The third-order valence-corrected chi connectivity index (χ3v) is 4.46. The summed E-state index contributed by atoms with van der Waals surface area (Å²) in [4.78, 5) is 26.0. The van der Waals surface area contributed by atoms with E-state index in [2.05, 4.69) is 0 Å². The van der Waals surface area contributed by atoms with Crippen molar-refractivity contribution in [3.05, 3.63) is 35.6 Å². The van der Waals surface area contributed by atoms with Crippen LogP contribution in [0.2, 0.25) is 0 Å². The topological polar surface area (TPSA) is 85.8 Å². The Morgan fingerprint density at radius 3 is 2.88 bits per heavy atom. The molecule has 1 amide bonds. The number of hydrogen-bond donors (Lipinski definition) is 1. The van der Waals surface area contributed by atoms with Gasteiger partial charge in [0.05, 0.1) is 12.6 Å². The number of rotatable bonds is 5. The van der Waals surface area contributed by atoms with E-state index >= 15 is 0 Å². The van der Waals surface area contributed by atoms with E-state index in [1.54, 1.807) is 6.92 Å². The van der Waals surface area contributed by atoms with Gasteiger partial charge in [0.15, 0.2) is 0 Å². The minimum Gasteiger partial charge on any atom is -0.460 e. The lowest BCUT2D eigenvalue weighted by molar-refractivity contribution is -0.124. The van der Waals surface area contributed by atoms with E-state index in [1.807, 2.05) is 29.2 Å². The standard InChI is InChI=1S/C18H22N2O4/c1-2-23-18(22)16-13(12-7-3-4-9-15(12)24-16)11-20-10-6-5-8-14(20)17(19)21/h3-4,7,9,14H,2,5-6,8,10-11H2,1H3,(H2,19,21). The number of esters is 1. The van der Waals surface area contributed by atoms with Crippen molar-refractivity contribution in [3.63, 3.8) is 0 Å². The maximum Gasteiger partial charge on any atom is 0.374 e. The molecule has 1 unspecified atom stereocenters. The van der Waals surface area contributed by atoms with Gasteiger partial charge in [0.25, 0.3) is 0 Å². The summed E-state index contributed by atoms with van der Waals surface area (Å²) in [6.07, 6.45) is 2.75. The van der Waals surface area contributed by atoms with Gasteiger partial charge in [-0.3, -0.25) is 9.69 Å². The van der Waals surface area contributed by atoms with Crippen molar-refractivity contribution < 1.29 is 18.7 Å². The van der Waals surface area contributed by atoms with E-state index in [0.717, 1.165) is 36.8 Å². The summed E-state index contributed by atoms with van der Waals surface area (Å²) in [5, 5.41) is 0.870. The fraction of sp³-hybridized carbons (Fsp3) is 0.444. The third kappa shape index (κ3) is 3.14. The minimum absolute atomic E-state index is 0.215. The molecule has 6 nitrogen and oxygen atoms in total. The van der Waals surface area contributed by atoms with Crippen LogP contribution in [0.1, 0.15) is 42.3 Å². The maximum atomic E-state index is 12.3. The molecular formula is C18H22N2O4. The van der Waals surface area contributed by atoms with Crippen molar-refractivity contribution in [2.75, 3.05) is 13.2 Å². The van der Waals surface area contributed by atoms with Crippen LogP contribution >= 0.6 is 0 Å². The van der Waals surface area contributed by atoms with Crippen LogP contribution in [0.15, 0.2) is 28.7 Å². The summed E-state index contributed by atoms with van der Waals surface area (Å²) in [6, 6.07) is 7.20. The van der Waals surface area contributed by atoms with Crippen LogP contribution in [0.3, 0.4) is 0 Å². The molecule has 1 aliphatic heterocycles. The number of hydrogen-bond acceptors (Lipinski definition) is 5. The molecule has 2 heterocycles. The Balaban J connectivity index is 1.98.